The Morgan fingerprint density at radius 1 is 1.29 bits per heavy atom. The maximum Gasteiger partial charge on any atom is 0.241 e. The van der Waals surface area contributed by atoms with Crippen molar-refractivity contribution in [2.45, 2.75) is 37.9 Å². The van der Waals surface area contributed by atoms with Crippen LogP contribution in [0.25, 0.3) is 0 Å². The van der Waals surface area contributed by atoms with Gasteiger partial charge in [-0.25, -0.2) is 0 Å². The molecule has 2 rings (SSSR count). The Balaban J connectivity index is 1.97. The number of hydrogen-bond acceptors (Lipinski definition) is 4. The minimum atomic E-state index is -0.413. The highest BCUT2D eigenvalue weighted by Crippen LogP contribution is 2.18. The van der Waals surface area contributed by atoms with Crippen LogP contribution < -0.4 is 16.4 Å². The second kappa shape index (κ2) is 5.01. The van der Waals surface area contributed by atoms with Gasteiger partial charge in [0.25, 0.3) is 0 Å². The zero-order valence-corrected chi connectivity index (χ0v) is 10.1. The number of likely N-dealkylation sites (tertiary alicyclic amines) is 1. The van der Waals surface area contributed by atoms with Crippen LogP contribution in [0.3, 0.4) is 0 Å². The molecule has 4 N–H and O–H groups in total. The highest BCUT2D eigenvalue weighted by molar-refractivity contribution is 5.89. The summed E-state index contributed by atoms with van der Waals surface area (Å²) >= 11 is 0. The van der Waals surface area contributed by atoms with Crippen molar-refractivity contribution in [2.24, 2.45) is 5.73 Å². The number of rotatable bonds is 2. The Labute approximate surface area is 101 Å². The average molecular weight is 240 g/mol. The summed E-state index contributed by atoms with van der Waals surface area (Å²) in [5.74, 6) is -0.404. The van der Waals surface area contributed by atoms with Gasteiger partial charge >= 0.3 is 0 Å². The first-order valence-electron chi connectivity index (χ1n) is 6.16. The minimum Gasteiger partial charge on any atom is -0.368 e. The minimum absolute atomic E-state index is 0.00861. The van der Waals surface area contributed by atoms with Gasteiger partial charge in [-0.3, -0.25) is 9.59 Å². The summed E-state index contributed by atoms with van der Waals surface area (Å²) in [4.78, 5) is 25.1. The van der Waals surface area contributed by atoms with Gasteiger partial charge in [-0.1, -0.05) is 0 Å². The number of carbonyl (C=O) groups is 2. The normalized spacial score (nSPS) is 33.7. The Bertz CT molecular complexity index is 313. The van der Waals surface area contributed by atoms with Gasteiger partial charge in [0.05, 0.1) is 6.04 Å². The average Bonchev–Trinajstić information content (AvgIpc) is 2.78. The molecule has 0 bridgehead atoms. The number of nitrogens with zero attached hydrogens (tertiary/aromatic N) is 1. The van der Waals surface area contributed by atoms with E-state index >= 15 is 0 Å². The second-order valence-corrected chi connectivity index (χ2v) is 4.86. The van der Waals surface area contributed by atoms with Crippen molar-refractivity contribution in [2.75, 3.05) is 19.6 Å². The smallest absolute Gasteiger partial charge is 0.241 e. The molecule has 2 fully saturated rings. The molecule has 0 aromatic rings. The van der Waals surface area contributed by atoms with E-state index in [1.165, 1.54) is 0 Å². The van der Waals surface area contributed by atoms with E-state index in [9.17, 15) is 9.59 Å². The summed E-state index contributed by atoms with van der Waals surface area (Å²) in [5, 5.41) is 6.45. The standard InChI is InChI=1S/C11H20N4O2/c1-7-5-14-8(6-13-7)11(17)15-4-2-3-9(15)10(12)16/h7-9,13-14H,2-6H2,1H3,(H2,12,16). The summed E-state index contributed by atoms with van der Waals surface area (Å²) in [6, 6.07) is -0.264. The predicted molar refractivity (Wildman–Crippen MR) is 63.2 cm³/mol. The van der Waals surface area contributed by atoms with Crippen LogP contribution in [0.1, 0.15) is 19.8 Å². The number of primary amides is 1. The quantitative estimate of drug-likeness (QED) is 0.543. The third-order valence-electron chi connectivity index (χ3n) is 3.50. The van der Waals surface area contributed by atoms with Crippen molar-refractivity contribution in [3.63, 3.8) is 0 Å². The summed E-state index contributed by atoms with van der Waals surface area (Å²) in [5.41, 5.74) is 5.31. The SMILES string of the molecule is CC1CNC(C(=O)N2CCCC2C(N)=O)CN1. The van der Waals surface area contributed by atoms with Gasteiger partial charge in [-0.15, -0.1) is 0 Å². The first kappa shape index (κ1) is 12.3. The third kappa shape index (κ3) is 2.58. The molecule has 2 aliphatic heterocycles. The van der Waals surface area contributed by atoms with Crippen LogP contribution in [0.5, 0.6) is 0 Å². The van der Waals surface area contributed by atoms with Gasteiger partial charge in [0.1, 0.15) is 6.04 Å². The molecule has 2 saturated heterocycles. The molecule has 3 atom stereocenters. The fraction of sp³-hybridized carbons (Fsp3) is 0.818. The van der Waals surface area contributed by atoms with Gasteiger partial charge < -0.3 is 21.3 Å². The molecule has 96 valence electrons. The van der Waals surface area contributed by atoms with Crippen molar-refractivity contribution in [1.29, 1.82) is 0 Å². The topological polar surface area (TPSA) is 87.5 Å². The summed E-state index contributed by atoms with van der Waals surface area (Å²) in [7, 11) is 0. The van der Waals surface area contributed by atoms with Gasteiger partial charge in [0.15, 0.2) is 0 Å². The van der Waals surface area contributed by atoms with E-state index in [0.29, 0.717) is 25.6 Å². The van der Waals surface area contributed by atoms with Crippen molar-refractivity contribution >= 4 is 11.8 Å². The fourth-order valence-corrected chi connectivity index (χ4v) is 2.48. The van der Waals surface area contributed by atoms with Crippen LogP contribution in [-0.2, 0) is 9.59 Å². The molecular weight excluding hydrogens is 220 g/mol. The lowest BCUT2D eigenvalue weighted by Crippen LogP contribution is -2.60. The molecule has 3 unspecified atom stereocenters. The monoisotopic (exact) mass is 240 g/mol. The van der Waals surface area contributed by atoms with Crippen molar-refractivity contribution in [3.8, 4) is 0 Å². The molecule has 17 heavy (non-hydrogen) atoms. The van der Waals surface area contributed by atoms with E-state index in [0.717, 1.165) is 13.0 Å². The van der Waals surface area contributed by atoms with Crippen LogP contribution in [0.2, 0.25) is 0 Å². The fourth-order valence-electron chi connectivity index (χ4n) is 2.48. The number of piperazine rings is 1. The molecule has 2 aliphatic rings. The van der Waals surface area contributed by atoms with Crippen molar-refractivity contribution in [3.05, 3.63) is 0 Å². The molecule has 0 aliphatic carbocycles. The number of carbonyl (C=O) groups excluding carboxylic acids is 2. The molecule has 0 aromatic heterocycles. The highest BCUT2D eigenvalue weighted by Gasteiger charge is 2.36. The summed E-state index contributed by atoms with van der Waals surface area (Å²) < 4.78 is 0. The lowest BCUT2D eigenvalue weighted by atomic mass is 10.1. The van der Waals surface area contributed by atoms with Gasteiger partial charge in [-0.2, -0.15) is 0 Å². The van der Waals surface area contributed by atoms with E-state index in [1.54, 1.807) is 4.90 Å². The zero-order chi connectivity index (χ0) is 12.4. The first-order valence-corrected chi connectivity index (χ1v) is 6.16. The highest BCUT2D eigenvalue weighted by atomic mass is 16.2. The van der Waals surface area contributed by atoms with E-state index < -0.39 is 11.9 Å². The lowest BCUT2D eigenvalue weighted by Gasteiger charge is -2.32. The van der Waals surface area contributed by atoms with Gasteiger partial charge in [0, 0.05) is 25.7 Å². The van der Waals surface area contributed by atoms with E-state index in [4.69, 9.17) is 5.73 Å². The van der Waals surface area contributed by atoms with Crippen molar-refractivity contribution in [1.82, 2.24) is 15.5 Å². The van der Waals surface area contributed by atoms with Crippen LogP contribution in [0.4, 0.5) is 0 Å². The molecule has 2 heterocycles. The number of nitrogens with two attached hydrogens (primary N) is 1. The number of hydrogen-bond donors (Lipinski definition) is 3. The Morgan fingerprint density at radius 2 is 2.06 bits per heavy atom. The van der Waals surface area contributed by atoms with Gasteiger partial charge in [0.2, 0.25) is 11.8 Å². The molecule has 2 amide bonds. The van der Waals surface area contributed by atoms with Crippen LogP contribution in [-0.4, -0.2) is 54.5 Å². The van der Waals surface area contributed by atoms with Crippen molar-refractivity contribution < 1.29 is 9.59 Å². The number of nitrogens with one attached hydrogen (secondary N) is 2. The molecule has 0 radical (unpaired) electrons. The summed E-state index contributed by atoms with van der Waals surface area (Å²) in [6.07, 6.45) is 1.55. The first-order chi connectivity index (χ1) is 8.09. The molecule has 6 nitrogen and oxygen atoms in total. The maximum atomic E-state index is 12.2. The molecule has 0 saturated carbocycles. The predicted octanol–water partition coefficient (Wildman–Crippen LogP) is -1.59. The Hall–Kier alpha value is -1.14. The molecule has 0 spiro atoms. The molecule has 6 heteroatoms. The zero-order valence-electron chi connectivity index (χ0n) is 10.1. The van der Waals surface area contributed by atoms with E-state index in [1.807, 2.05) is 0 Å². The Morgan fingerprint density at radius 3 is 2.65 bits per heavy atom. The van der Waals surface area contributed by atoms with Crippen LogP contribution >= 0.6 is 0 Å². The van der Waals surface area contributed by atoms with Crippen LogP contribution in [0, 0.1) is 0 Å². The Kier molecular flexibility index (Phi) is 3.63. The number of amides is 2. The molecular formula is C11H20N4O2. The largest absolute Gasteiger partial charge is 0.368 e. The van der Waals surface area contributed by atoms with Gasteiger partial charge in [-0.05, 0) is 19.8 Å². The van der Waals surface area contributed by atoms with E-state index in [2.05, 4.69) is 17.6 Å². The van der Waals surface area contributed by atoms with Crippen LogP contribution in [0.15, 0.2) is 0 Å². The van der Waals surface area contributed by atoms with E-state index in [-0.39, 0.29) is 11.9 Å². The third-order valence-corrected chi connectivity index (χ3v) is 3.50. The maximum absolute atomic E-state index is 12.2. The summed E-state index contributed by atoms with van der Waals surface area (Å²) in [6.45, 7) is 4.09. The second-order valence-electron chi connectivity index (χ2n) is 4.86. The lowest BCUT2D eigenvalue weighted by molar-refractivity contribution is -0.139. The molecule has 0 aromatic carbocycles.